The summed E-state index contributed by atoms with van der Waals surface area (Å²) in [7, 11) is 0. The number of β-amino-alcohol motifs (C(OH)–C–C–N with tert-alkyl or cyclic N) is 1. The number of aliphatic hydroxyl groups excluding tert-OH is 1. The van der Waals surface area contributed by atoms with Gasteiger partial charge in [0, 0.05) is 25.0 Å². The summed E-state index contributed by atoms with van der Waals surface area (Å²) in [5.41, 5.74) is 3.18. The molecule has 2 aromatic rings. The Kier molecular flexibility index (Phi) is 3.71. The lowest BCUT2D eigenvalue weighted by Gasteiger charge is -2.21. The number of nitrogens with zero attached hydrogens (tertiary/aromatic N) is 5. The van der Waals surface area contributed by atoms with Gasteiger partial charge in [-0.15, -0.1) is 0 Å². The Hall–Kier alpha value is -3.13. The van der Waals surface area contributed by atoms with Gasteiger partial charge in [0.25, 0.3) is 5.91 Å². The standard InChI is InChI=1S/C19H20N6O2/c26-15-5-7-23(10-15)18-4-3-14(9-21-18)25-11-16-17(22-25)12-24(19(16)27)13-2-1-6-20-8-13/h1-4,6,9,11,15,20,26H,5,7-8,10,12H2/t15-/m0/s1. The summed E-state index contributed by atoms with van der Waals surface area (Å²) in [5, 5.41) is 17.4. The van der Waals surface area contributed by atoms with Gasteiger partial charge in [-0.05, 0) is 36.9 Å². The van der Waals surface area contributed by atoms with E-state index in [4.69, 9.17) is 0 Å². The third kappa shape index (κ3) is 2.78. The first-order valence-electron chi connectivity index (χ1n) is 9.08. The highest BCUT2D eigenvalue weighted by Crippen LogP contribution is 2.27. The topological polar surface area (TPSA) is 86.5 Å². The van der Waals surface area contributed by atoms with Gasteiger partial charge in [-0.2, -0.15) is 5.10 Å². The fraction of sp³-hybridized carbons (Fsp3) is 0.316. The van der Waals surface area contributed by atoms with Crippen LogP contribution in [0.2, 0.25) is 0 Å². The van der Waals surface area contributed by atoms with Gasteiger partial charge in [-0.3, -0.25) is 4.79 Å². The average molecular weight is 364 g/mol. The Morgan fingerprint density at radius 2 is 2.22 bits per heavy atom. The van der Waals surface area contributed by atoms with E-state index in [1.165, 1.54) is 0 Å². The summed E-state index contributed by atoms with van der Waals surface area (Å²) in [6, 6.07) is 3.87. The summed E-state index contributed by atoms with van der Waals surface area (Å²) in [6.45, 7) is 2.56. The van der Waals surface area contributed by atoms with E-state index < -0.39 is 0 Å². The molecule has 0 radical (unpaired) electrons. The van der Waals surface area contributed by atoms with Gasteiger partial charge in [-0.1, -0.05) is 0 Å². The van der Waals surface area contributed by atoms with Crippen LogP contribution >= 0.6 is 0 Å². The molecule has 0 saturated carbocycles. The molecule has 5 rings (SSSR count). The number of fused-ring (bicyclic) bond motifs is 1. The zero-order chi connectivity index (χ0) is 18.4. The van der Waals surface area contributed by atoms with E-state index in [1.807, 2.05) is 30.5 Å². The first-order valence-corrected chi connectivity index (χ1v) is 9.08. The maximum atomic E-state index is 12.7. The van der Waals surface area contributed by atoms with E-state index in [0.29, 0.717) is 25.2 Å². The van der Waals surface area contributed by atoms with E-state index in [2.05, 4.69) is 20.3 Å². The lowest BCUT2D eigenvalue weighted by Crippen LogP contribution is -2.30. The summed E-state index contributed by atoms with van der Waals surface area (Å²) >= 11 is 0. The molecule has 1 saturated heterocycles. The van der Waals surface area contributed by atoms with Crippen molar-refractivity contribution >= 4 is 11.7 Å². The molecule has 3 aliphatic heterocycles. The lowest BCUT2D eigenvalue weighted by molar-refractivity contribution is 0.0821. The van der Waals surface area contributed by atoms with Gasteiger partial charge in [0.05, 0.1) is 42.3 Å². The van der Waals surface area contributed by atoms with E-state index in [0.717, 1.165) is 35.9 Å². The Labute approximate surface area is 156 Å². The summed E-state index contributed by atoms with van der Waals surface area (Å²) in [5.74, 6) is 0.831. The number of amides is 1. The molecule has 0 aliphatic carbocycles. The highest BCUT2D eigenvalue weighted by Gasteiger charge is 2.33. The normalized spacial score (nSPS) is 21.4. The van der Waals surface area contributed by atoms with Crippen molar-refractivity contribution in [3.8, 4) is 5.69 Å². The van der Waals surface area contributed by atoms with E-state index in [9.17, 15) is 9.90 Å². The number of aromatic nitrogens is 3. The molecule has 0 bridgehead atoms. The Morgan fingerprint density at radius 1 is 1.30 bits per heavy atom. The van der Waals surface area contributed by atoms with Crippen molar-refractivity contribution in [2.24, 2.45) is 0 Å². The van der Waals surface area contributed by atoms with Crippen LogP contribution in [0.5, 0.6) is 0 Å². The van der Waals surface area contributed by atoms with Crippen LogP contribution < -0.4 is 10.2 Å². The summed E-state index contributed by atoms with van der Waals surface area (Å²) in [4.78, 5) is 21.1. The van der Waals surface area contributed by atoms with Gasteiger partial charge in [0.15, 0.2) is 0 Å². The minimum atomic E-state index is -0.278. The lowest BCUT2D eigenvalue weighted by atomic mass is 10.3. The molecule has 8 heteroatoms. The average Bonchev–Trinajstić information content (AvgIpc) is 3.39. The van der Waals surface area contributed by atoms with Crippen LogP contribution in [-0.2, 0) is 6.54 Å². The SMILES string of the molecule is O=C1c2cn(-c3ccc(N4CC[C@H](O)C4)nc3)nc2CN1C1=CC=CNC1. The third-order valence-electron chi connectivity index (χ3n) is 5.19. The fourth-order valence-corrected chi connectivity index (χ4v) is 3.72. The highest BCUT2D eigenvalue weighted by molar-refractivity contribution is 5.99. The van der Waals surface area contributed by atoms with Crippen molar-refractivity contribution in [3.05, 3.63) is 59.8 Å². The first-order chi connectivity index (χ1) is 13.2. The molecule has 27 heavy (non-hydrogen) atoms. The Balaban J connectivity index is 1.35. The minimum Gasteiger partial charge on any atom is -0.391 e. The largest absolute Gasteiger partial charge is 0.391 e. The molecule has 3 aliphatic rings. The molecule has 1 amide bonds. The van der Waals surface area contributed by atoms with E-state index >= 15 is 0 Å². The van der Waals surface area contributed by atoms with Gasteiger partial charge in [0.1, 0.15) is 5.82 Å². The second-order valence-electron chi connectivity index (χ2n) is 6.99. The maximum Gasteiger partial charge on any atom is 0.262 e. The van der Waals surface area contributed by atoms with Crippen LogP contribution in [0.4, 0.5) is 5.82 Å². The molecule has 1 atom stereocenters. The smallest absolute Gasteiger partial charge is 0.262 e. The number of hydrogen-bond acceptors (Lipinski definition) is 6. The second kappa shape index (κ2) is 6.24. The molecule has 0 aromatic carbocycles. The predicted molar refractivity (Wildman–Crippen MR) is 99.3 cm³/mol. The quantitative estimate of drug-likeness (QED) is 0.838. The molecule has 0 unspecified atom stereocenters. The van der Waals surface area contributed by atoms with Crippen molar-refractivity contribution in [1.82, 2.24) is 25.0 Å². The van der Waals surface area contributed by atoms with Crippen LogP contribution in [-0.4, -0.2) is 56.4 Å². The number of hydrogen-bond donors (Lipinski definition) is 2. The van der Waals surface area contributed by atoms with Crippen molar-refractivity contribution in [1.29, 1.82) is 0 Å². The number of rotatable bonds is 3. The van der Waals surface area contributed by atoms with Crippen LogP contribution in [0.3, 0.4) is 0 Å². The predicted octanol–water partition coefficient (Wildman–Crippen LogP) is 0.795. The molecular formula is C19H20N6O2. The van der Waals surface area contributed by atoms with E-state index in [1.54, 1.807) is 22.0 Å². The fourth-order valence-electron chi connectivity index (χ4n) is 3.72. The molecule has 5 heterocycles. The Morgan fingerprint density at radius 3 is 2.89 bits per heavy atom. The molecular weight excluding hydrogens is 344 g/mol. The van der Waals surface area contributed by atoms with Crippen molar-refractivity contribution in [2.75, 3.05) is 24.5 Å². The van der Waals surface area contributed by atoms with Crippen LogP contribution in [0, 0.1) is 0 Å². The third-order valence-corrected chi connectivity index (χ3v) is 5.19. The van der Waals surface area contributed by atoms with E-state index in [-0.39, 0.29) is 12.0 Å². The van der Waals surface area contributed by atoms with Gasteiger partial charge >= 0.3 is 0 Å². The highest BCUT2D eigenvalue weighted by atomic mass is 16.3. The monoisotopic (exact) mass is 364 g/mol. The molecule has 138 valence electrons. The minimum absolute atomic E-state index is 0.0183. The first kappa shape index (κ1) is 16.1. The number of carbonyl (C=O) groups excluding carboxylic acids is 1. The second-order valence-corrected chi connectivity index (χ2v) is 6.99. The number of dihydropyridines is 1. The van der Waals surface area contributed by atoms with Crippen molar-refractivity contribution in [3.63, 3.8) is 0 Å². The Bertz CT molecular complexity index is 946. The number of aliphatic hydroxyl groups is 1. The number of anilines is 1. The molecule has 2 aromatic heterocycles. The van der Waals surface area contributed by atoms with Crippen molar-refractivity contribution < 1.29 is 9.90 Å². The zero-order valence-electron chi connectivity index (χ0n) is 14.7. The van der Waals surface area contributed by atoms with Gasteiger partial charge < -0.3 is 20.2 Å². The number of nitrogens with one attached hydrogen (secondary N) is 1. The van der Waals surface area contributed by atoms with Crippen molar-refractivity contribution in [2.45, 2.75) is 19.1 Å². The van der Waals surface area contributed by atoms with Crippen LogP contribution in [0.1, 0.15) is 22.5 Å². The van der Waals surface area contributed by atoms with Crippen LogP contribution in [0.15, 0.2) is 48.6 Å². The molecule has 2 N–H and O–H groups in total. The number of allylic oxidation sites excluding steroid dienone is 2. The number of carbonyl (C=O) groups is 1. The summed E-state index contributed by atoms with van der Waals surface area (Å²) in [6.07, 6.45) is 9.74. The summed E-state index contributed by atoms with van der Waals surface area (Å²) < 4.78 is 1.71. The van der Waals surface area contributed by atoms with Gasteiger partial charge in [-0.25, -0.2) is 9.67 Å². The molecule has 0 spiro atoms. The maximum absolute atomic E-state index is 12.7. The number of pyridine rings is 1. The zero-order valence-corrected chi connectivity index (χ0v) is 14.7. The van der Waals surface area contributed by atoms with Crippen LogP contribution in [0.25, 0.3) is 5.69 Å². The van der Waals surface area contributed by atoms with Gasteiger partial charge in [0.2, 0.25) is 0 Å². The molecule has 1 fully saturated rings. The molecule has 8 nitrogen and oxygen atoms in total.